The minimum atomic E-state index is -1.21. The number of hydrogen-bond acceptors (Lipinski definition) is 8. The number of carbonyl (C=O) groups is 2. The van der Waals surface area contributed by atoms with E-state index in [9.17, 15) is 14.7 Å². The summed E-state index contributed by atoms with van der Waals surface area (Å²) in [4.78, 5) is 38.4. The van der Waals surface area contributed by atoms with Crippen LogP contribution in [0.15, 0.2) is 6.07 Å². The highest BCUT2D eigenvalue weighted by molar-refractivity contribution is 5.83. The molecule has 0 bridgehead atoms. The number of likely N-dealkylation sites (N-methyl/N-ethyl adjacent to an activating group) is 1. The molecule has 1 aromatic heterocycles. The number of carboxylic acid groups (broad SMARTS) is 1. The molecule has 0 radical (unpaired) electrons. The minimum absolute atomic E-state index is 0.0842. The van der Waals surface area contributed by atoms with Crippen molar-refractivity contribution < 1.29 is 24.2 Å². The van der Waals surface area contributed by atoms with Crippen molar-refractivity contribution in [1.82, 2.24) is 19.8 Å². The highest BCUT2D eigenvalue weighted by Crippen LogP contribution is 2.26. The zero-order valence-corrected chi connectivity index (χ0v) is 19.9. The number of piperazine rings is 1. The number of hydrogen-bond donors (Lipinski definition) is 1. The van der Waals surface area contributed by atoms with E-state index in [-0.39, 0.29) is 36.0 Å². The molecule has 1 amide bonds. The monoisotopic (exact) mass is 449 g/mol. The maximum absolute atomic E-state index is 12.4. The van der Waals surface area contributed by atoms with Crippen molar-refractivity contribution in [3.63, 3.8) is 0 Å². The van der Waals surface area contributed by atoms with E-state index < -0.39 is 11.6 Å². The molecule has 0 aliphatic carbocycles. The third-order valence-corrected chi connectivity index (χ3v) is 5.88. The van der Waals surface area contributed by atoms with Crippen LogP contribution < -0.4 is 9.64 Å². The summed E-state index contributed by atoms with van der Waals surface area (Å²) >= 11 is 0. The van der Waals surface area contributed by atoms with Crippen molar-refractivity contribution in [2.24, 2.45) is 0 Å². The Kier molecular flexibility index (Phi) is 7.12. The normalized spacial score (nSPS) is 23.2. The van der Waals surface area contributed by atoms with Crippen LogP contribution in [0.1, 0.15) is 58.1 Å². The second-order valence-electron chi connectivity index (χ2n) is 9.68. The van der Waals surface area contributed by atoms with E-state index in [1.54, 1.807) is 11.0 Å². The van der Waals surface area contributed by atoms with Crippen LogP contribution >= 0.6 is 0 Å². The Balaban J connectivity index is 1.75. The SMILES string of the molecule is C[C@H](Oc1cc(N2CCN(C(=O)OC(C)(C)C)C[C@H]2C)nc(C(=O)O)n1)[C@@H]1CCCN1C. The Morgan fingerprint density at radius 2 is 1.94 bits per heavy atom. The highest BCUT2D eigenvalue weighted by atomic mass is 16.6. The van der Waals surface area contributed by atoms with Gasteiger partial charge in [0.1, 0.15) is 17.5 Å². The molecule has 2 saturated heterocycles. The first kappa shape index (κ1) is 24.0. The topological polar surface area (TPSA) is 108 Å². The highest BCUT2D eigenvalue weighted by Gasteiger charge is 2.32. The number of carboxylic acids is 1. The summed E-state index contributed by atoms with van der Waals surface area (Å²) in [5.41, 5.74) is -0.559. The molecule has 3 atom stereocenters. The number of anilines is 1. The van der Waals surface area contributed by atoms with Crippen molar-refractivity contribution in [2.75, 3.05) is 38.1 Å². The average molecular weight is 450 g/mol. The lowest BCUT2D eigenvalue weighted by Crippen LogP contribution is -2.55. The van der Waals surface area contributed by atoms with Gasteiger partial charge in [-0.05, 0) is 61.1 Å². The molecular weight excluding hydrogens is 414 g/mol. The van der Waals surface area contributed by atoms with Gasteiger partial charge in [0.25, 0.3) is 0 Å². The Labute approximate surface area is 189 Å². The molecule has 3 rings (SSSR count). The molecule has 10 nitrogen and oxygen atoms in total. The molecule has 2 fully saturated rings. The molecule has 0 aromatic carbocycles. The van der Waals surface area contributed by atoms with Crippen molar-refractivity contribution in [2.45, 2.75) is 71.2 Å². The van der Waals surface area contributed by atoms with Gasteiger partial charge in [0.05, 0.1) is 0 Å². The van der Waals surface area contributed by atoms with Gasteiger partial charge in [-0.1, -0.05) is 0 Å². The van der Waals surface area contributed by atoms with Crippen molar-refractivity contribution in [1.29, 1.82) is 0 Å². The van der Waals surface area contributed by atoms with E-state index in [0.29, 0.717) is 25.5 Å². The molecular formula is C22H35N5O5. The molecule has 0 unspecified atom stereocenters. The summed E-state index contributed by atoms with van der Waals surface area (Å²) in [6.45, 7) is 11.9. The van der Waals surface area contributed by atoms with Gasteiger partial charge in [-0.25, -0.2) is 14.6 Å². The van der Waals surface area contributed by atoms with Crippen LogP contribution in [0.3, 0.4) is 0 Å². The summed E-state index contributed by atoms with van der Waals surface area (Å²) < 4.78 is 11.6. The Morgan fingerprint density at radius 1 is 1.22 bits per heavy atom. The van der Waals surface area contributed by atoms with Gasteiger partial charge >= 0.3 is 12.1 Å². The molecule has 3 heterocycles. The Hall–Kier alpha value is -2.62. The number of nitrogens with zero attached hydrogens (tertiary/aromatic N) is 5. The lowest BCUT2D eigenvalue weighted by atomic mass is 10.1. The largest absolute Gasteiger partial charge is 0.475 e. The third kappa shape index (κ3) is 5.79. The predicted molar refractivity (Wildman–Crippen MR) is 119 cm³/mol. The number of likely N-dealkylation sites (tertiary alicyclic amines) is 1. The first-order valence-electron chi connectivity index (χ1n) is 11.2. The molecule has 178 valence electrons. The summed E-state index contributed by atoms with van der Waals surface area (Å²) in [6.07, 6.45) is 1.67. The summed E-state index contributed by atoms with van der Waals surface area (Å²) in [5, 5.41) is 9.53. The molecule has 0 spiro atoms. The second-order valence-corrected chi connectivity index (χ2v) is 9.68. The quantitative estimate of drug-likeness (QED) is 0.725. The second kappa shape index (κ2) is 9.48. The van der Waals surface area contributed by atoms with Gasteiger partial charge in [-0.3, -0.25) is 4.90 Å². The summed E-state index contributed by atoms with van der Waals surface area (Å²) in [6, 6.07) is 1.87. The summed E-state index contributed by atoms with van der Waals surface area (Å²) in [5.74, 6) is -0.772. The zero-order chi connectivity index (χ0) is 23.6. The number of amides is 1. The van der Waals surface area contributed by atoms with Crippen molar-refractivity contribution in [3.8, 4) is 5.88 Å². The molecule has 1 aromatic rings. The fraction of sp³-hybridized carbons (Fsp3) is 0.727. The fourth-order valence-electron chi connectivity index (χ4n) is 4.30. The number of carbonyl (C=O) groups excluding carboxylic acids is 1. The van der Waals surface area contributed by atoms with Gasteiger partial charge in [0, 0.05) is 37.8 Å². The van der Waals surface area contributed by atoms with Gasteiger partial charge in [-0.2, -0.15) is 4.98 Å². The van der Waals surface area contributed by atoms with Crippen LogP contribution in [-0.2, 0) is 4.74 Å². The lowest BCUT2D eigenvalue weighted by Gasteiger charge is -2.40. The van der Waals surface area contributed by atoms with Gasteiger partial charge in [0.15, 0.2) is 0 Å². The van der Waals surface area contributed by atoms with Crippen LogP contribution in [0, 0.1) is 0 Å². The van der Waals surface area contributed by atoms with E-state index in [0.717, 1.165) is 19.4 Å². The molecule has 32 heavy (non-hydrogen) atoms. The lowest BCUT2D eigenvalue weighted by molar-refractivity contribution is 0.0218. The summed E-state index contributed by atoms with van der Waals surface area (Å²) in [7, 11) is 2.07. The van der Waals surface area contributed by atoms with Gasteiger partial charge < -0.3 is 24.4 Å². The van der Waals surface area contributed by atoms with E-state index in [1.807, 2.05) is 39.5 Å². The first-order valence-corrected chi connectivity index (χ1v) is 11.2. The number of aromatic nitrogens is 2. The smallest absolute Gasteiger partial charge is 0.410 e. The maximum Gasteiger partial charge on any atom is 0.410 e. The van der Waals surface area contributed by atoms with E-state index in [1.165, 1.54) is 0 Å². The van der Waals surface area contributed by atoms with Gasteiger partial charge in [-0.15, -0.1) is 0 Å². The van der Waals surface area contributed by atoms with Crippen LogP contribution in [-0.4, -0.2) is 94.0 Å². The first-order chi connectivity index (χ1) is 14.9. The van der Waals surface area contributed by atoms with E-state index in [2.05, 4.69) is 21.9 Å². The zero-order valence-electron chi connectivity index (χ0n) is 19.9. The third-order valence-electron chi connectivity index (χ3n) is 5.88. The van der Waals surface area contributed by atoms with Gasteiger partial charge in [0.2, 0.25) is 11.7 Å². The van der Waals surface area contributed by atoms with Crippen LogP contribution in [0.25, 0.3) is 0 Å². The van der Waals surface area contributed by atoms with Crippen LogP contribution in [0.4, 0.5) is 10.6 Å². The van der Waals surface area contributed by atoms with E-state index in [4.69, 9.17) is 9.47 Å². The van der Waals surface area contributed by atoms with Crippen molar-refractivity contribution >= 4 is 17.9 Å². The molecule has 1 N–H and O–H groups in total. The van der Waals surface area contributed by atoms with Crippen molar-refractivity contribution in [3.05, 3.63) is 11.9 Å². The molecule has 2 aliphatic rings. The standard InChI is InChI=1S/C22H35N5O5/c1-14-13-26(21(30)32-22(3,4)5)10-11-27(14)17-12-18(24-19(23-17)20(28)29)31-15(2)16-8-7-9-25(16)6/h12,14-16H,7-11,13H2,1-6H3,(H,28,29)/t14-,15+,16+/m1/s1. The fourth-order valence-corrected chi connectivity index (χ4v) is 4.30. The number of rotatable bonds is 5. The van der Waals surface area contributed by atoms with Crippen LogP contribution in [0.5, 0.6) is 5.88 Å². The van der Waals surface area contributed by atoms with E-state index >= 15 is 0 Å². The molecule has 10 heteroatoms. The predicted octanol–water partition coefficient (Wildman–Crippen LogP) is 2.48. The minimum Gasteiger partial charge on any atom is -0.475 e. The molecule has 0 saturated carbocycles. The maximum atomic E-state index is 12.4. The average Bonchev–Trinajstić information content (AvgIpc) is 3.12. The molecule has 2 aliphatic heterocycles. The number of aromatic carboxylic acids is 1. The number of ether oxygens (including phenoxy) is 2. The Morgan fingerprint density at radius 3 is 2.50 bits per heavy atom. The Bertz CT molecular complexity index is 842. The van der Waals surface area contributed by atoms with Crippen LogP contribution in [0.2, 0.25) is 0 Å².